The first-order valence-corrected chi connectivity index (χ1v) is 10.3. The normalized spacial score (nSPS) is 19.4. The van der Waals surface area contributed by atoms with Crippen molar-refractivity contribution in [3.63, 3.8) is 0 Å². The number of nitrogens with zero attached hydrogens (tertiary/aromatic N) is 4. The Kier molecular flexibility index (Phi) is 4.51. The molecule has 1 atom stereocenters. The Bertz CT molecular complexity index is 1070. The predicted octanol–water partition coefficient (Wildman–Crippen LogP) is 3.23. The van der Waals surface area contributed by atoms with Crippen LogP contribution in [0.5, 0.6) is 0 Å². The number of rotatable bonds is 2. The lowest BCUT2D eigenvalue weighted by Gasteiger charge is -2.41. The maximum atomic E-state index is 13.2. The first-order valence-electron chi connectivity index (χ1n) is 10.3. The van der Waals surface area contributed by atoms with Gasteiger partial charge in [0.15, 0.2) is 0 Å². The molecule has 0 spiro atoms. The number of aryl methyl sites for hydroxylation is 1. The Morgan fingerprint density at radius 1 is 1.14 bits per heavy atom. The van der Waals surface area contributed by atoms with Gasteiger partial charge in [-0.25, -0.2) is 4.98 Å². The topological polar surface area (TPSA) is 50.6 Å². The zero-order valence-corrected chi connectivity index (χ0v) is 17.0. The highest BCUT2D eigenvalue weighted by Gasteiger charge is 2.28. The number of fused-ring (bicyclic) bond motifs is 3. The fourth-order valence-corrected chi connectivity index (χ4v) is 4.51. The zero-order chi connectivity index (χ0) is 20.0. The minimum Gasteiger partial charge on any atom is -0.372 e. The van der Waals surface area contributed by atoms with Gasteiger partial charge in [-0.05, 0) is 49.7 Å². The number of benzene rings is 2. The van der Waals surface area contributed by atoms with E-state index in [-0.39, 0.29) is 11.9 Å². The van der Waals surface area contributed by atoms with Crippen LogP contribution in [0.4, 0.5) is 5.69 Å². The molecular weight excluding hydrogens is 364 g/mol. The van der Waals surface area contributed by atoms with Gasteiger partial charge in [-0.2, -0.15) is 0 Å². The van der Waals surface area contributed by atoms with E-state index in [1.54, 1.807) is 0 Å². The molecule has 0 bridgehead atoms. The maximum Gasteiger partial charge on any atom is 0.254 e. The number of hydrogen-bond donors (Lipinski definition) is 0. The quantitative estimate of drug-likeness (QED) is 0.674. The largest absolute Gasteiger partial charge is 0.372 e. The lowest BCUT2D eigenvalue weighted by atomic mass is 10.1. The van der Waals surface area contributed by atoms with Crippen LogP contribution in [0.2, 0.25) is 0 Å². The van der Waals surface area contributed by atoms with Gasteiger partial charge in [0, 0.05) is 43.5 Å². The van der Waals surface area contributed by atoms with Crippen molar-refractivity contribution in [2.45, 2.75) is 33.0 Å². The number of hydrogen-bond acceptors (Lipinski definition) is 4. The summed E-state index contributed by atoms with van der Waals surface area (Å²) in [6, 6.07) is 14.7. The van der Waals surface area contributed by atoms with Crippen LogP contribution in [0.1, 0.15) is 28.7 Å². The highest BCUT2D eigenvalue weighted by atomic mass is 16.5. The number of carbonyl (C=O) groups excluding carboxylic acids is 1. The van der Waals surface area contributed by atoms with Gasteiger partial charge in [-0.3, -0.25) is 4.79 Å². The average Bonchev–Trinajstić information content (AvgIpc) is 3.11. The molecule has 2 aromatic carbocycles. The summed E-state index contributed by atoms with van der Waals surface area (Å²) in [5.41, 5.74) is 5.16. The van der Waals surface area contributed by atoms with E-state index in [1.807, 2.05) is 23.1 Å². The van der Waals surface area contributed by atoms with Gasteiger partial charge in [0.1, 0.15) is 12.4 Å². The van der Waals surface area contributed by atoms with Gasteiger partial charge in [0.25, 0.3) is 5.91 Å². The molecule has 1 amide bonds. The van der Waals surface area contributed by atoms with Crippen LogP contribution < -0.4 is 4.90 Å². The van der Waals surface area contributed by atoms with E-state index >= 15 is 0 Å². The third-order valence-corrected chi connectivity index (χ3v) is 6.01. The number of carbonyl (C=O) groups is 1. The Balaban J connectivity index is 1.35. The fraction of sp³-hybridized carbons (Fsp3) is 0.391. The van der Waals surface area contributed by atoms with E-state index in [0.717, 1.165) is 43.0 Å². The lowest BCUT2D eigenvalue weighted by molar-refractivity contribution is 0.0726. The third-order valence-electron chi connectivity index (χ3n) is 6.01. The van der Waals surface area contributed by atoms with Crippen molar-refractivity contribution in [2.75, 3.05) is 31.1 Å². The molecule has 2 aliphatic rings. The van der Waals surface area contributed by atoms with Gasteiger partial charge >= 0.3 is 0 Å². The van der Waals surface area contributed by atoms with E-state index < -0.39 is 0 Å². The Hall–Kier alpha value is -2.86. The molecule has 6 nitrogen and oxygen atoms in total. The van der Waals surface area contributed by atoms with E-state index in [9.17, 15) is 4.79 Å². The molecular formula is C23H26N4O2. The van der Waals surface area contributed by atoms with Crippen molar-refractivity contribution in [1.82, 2.24) is 14.5 Å². The summed E-state index contributed by atoms with van der Waals surface area (Å²) in [4.78, 5) is 22.2. The zero-order valence-electron chi connectivity index (χ0n) is 17.0. The van der Waals surface area contributed by atoms with Gasteiger partial charge < -0.3 is 19.1 Å². The highest BCUT2D eigenvalue weighted by Crippen LogP contribution is 2.24. The maximum absolute atomic E-state index is 13.2. The summed E-state index contributed by atoms with van der Waals surface area (Å²) >= 11 is 0. The lowest BCUT2D eigenvalue weighted by Crippen LogP contribution is -2.53. The SMILES string of the molecule is Cc1cccc(N2CCN(C(=O)c3ccc4c(c3)nc3n4CCOC3)CC2C)c1. The van der Waals surface area contributed by atoms with Crippen LogP contribution in [0.3, 0.4) is 0 Å². The molecule has 1 saturated heterocycles. The molecule has 150 valence electrons. The van der Waals surface area contributed by atoms with Crippen LogP contribution >= 0.6 is 0 Å². The summed E-state index contributed by atoms with van der Waals surface area (Å²) in [7, 11) is 0. The minimum atomic E-state index is 0.0878. The van der Waals surface area contributed by atoms with Crippen LogP contribution in [-0.2, 0) is 17.9 Å². The first kappa shape index (κ1) is 18.2. The molecule has 3 heterocycles. The van der Waals surface area contributed by atoms with Crippen LogP contribution in [0.15, 0.2) is 42.5 Å². The molecule has 5 rings (SSSR count). The molecule has 0 saturated carbocycles. The van der Waals surface area contributed by atoms with Crippen molar-refractivity contribution >= 4 is 22.6 Å². The van der Waals surface area contributed by atoms with Crippen LogP contribution in [0, 0.1) is 6.92 Å². The summed E-state index contributed by atoms with van der Waals surface area (Å²) in [5, 5.41) is 0. The Morgan fingerprint density at radius 3 is 2.86 bits per heavy atom. The van der Waals surface area contributed by atoms with Gasteiger partial charge in [-0.1, -0.05) is 12.1 Å². The highest BCUT2D eigenvalue weighted by molar-refractivity contribution is 5.97. The Labute approximate surface area is 170 Å². The molecule has 1 fully saturated rings. The van der Waals surface area contributed by atoms with Gasteiger partial charge in [0.05, 0.1) is 17.6 Å². The third kappa shape index (κ3) is 3.27. The molecule has 29 heavy (non-hydrogen) atoms. The second kappa shape index (κ2) is 7.19. The molecule has 3 aromatic rings. The smallest absolute Gasteiger partial charge is 0.254 e. The standard InChI is InChI=1S/C23H26N4O2/c1-16-4-3-5-19(12-16)26-9-8-25(14-17(26)2)23(28)18-6-7-21-20(13-18)24-22-15-29-11-10-27(21)22/h3-7,12-13,17H,8-11,14-15H2,1-2H3. The van der Waals surface area contributed by atoms with E-state index in [4.69, 9.17) is 4.74 Å². The second-order valence-corrected chi connectivity index (χ2v) is 8.07. The van der Waals surface area contributed by atoms with E-state index in [2.05, 4.69) is 52.6 Å². The number of imidazole rings is 1. The average molecular weight is 390 g/mol. The number of ether oxygens (including phenoxy) is 1. The molecule has 0 aliphatic carbocycles. The van der Waals surface area contributed by atoms with Crippen LogP contribution in [-0.4, -0.2) is 52.6 Å². The summed E-state index contributed by atoms with van der Waals surface area (Å²) in [6.45, 7) is 8.66. The van der Waals surface area contributed by atoms with E-state index in [0.29, 0.717) is 18.8 Å². The van der Waals surface area contributed by atoms with Crippen molar-refractivity contribution in [2.24, 2.45) is 0 Å². The predicted molar refractivity (Wildman–Crippen MR) is 113 cm³/mol. The summed E-state index contributed by atoms with van der Waals surface area (Å²) < 4.78 is 7.69. The number of amides is 1. The molecule has 1 unspecified atom stereocenters. The monoisotopic (exact) mass is 390 g/mol. The van der Waals surface area contributed by atoms with E-state index in [1.165, 1.54) is 11.3 Å². The first-order chi connectivity index (χ1) is 14.1. The molecule has 0 radical (unpaired) electrons. The molecule has 0 N–H and O–H groups in total. The van der Waals surface area contributed by atoms with Gasteiger partial charge in [0.2, 0.25) is 0 Å². The van der Waals surface area contributed by atoms with Crippen molar-refractivity contribution in [3.8, 4) is 0 Å². The number of anilines is 1. The molecule has 6 heteroatoms. The fourth-order valence-electron chi connectivity index (χ4n) is 4.51. The molecule has 2 aliphatic heterocycles. The van der Waals surface area contributed by atoms with Crippen molar-refractivity contribution in [3.05, 3.63) is 59.4 Å². The number of aromatic nitrogens is 2. The van der Waals surface area contributed by atoms with Crippen molar-refractivity contribution in [1.29, 1.82) is 0 Å². The minimum absolute atomic E-state index is 0.0878. The van der Waals surface area contributed by atoms with Gasteiger partial charge in [-0.15, -0.1) is 0 Å². The number of piperazine rings is 1. The summed E-state index contributed by atoms with van der Waals surface area (Å²) in [6.07, 6.45) is 0. The van der Waals surface area contributed by atoms with Crippen LogP contribution in [0.25, 0.3) is 11.0 Å². The summed E-state index contributed by atoms with van der Waals surface area (Å²) in [5.74, 6) is 1.03. The second-order valence-electron chi connectivity index (χ2n) is 8.07. The molecule has 1 aromatic heterocycles. The Morgan fingerprint density at radius 2 is 2.03 bits per heavy atom. The van der Waals surface area contributed by atoms with Crippen molar-refractivity contribution < 1.29 is 9.53 Å².